The second-order valence-corrected chi connectivity index (χ2v) is 5.91. The first-order valence-corrected chi connectivity index (χ1v) is 8.06. The van der Waals surface area contributed by atoms with Gasteiger partial charge in [-0.15, -0.1) is 0 Å². The molecule has 21 heavy (non-hydrogen) atoms. The van der Waals surface area contributed by atoms with Gasteiger partial charge in [-0.25, -0.2) is 0 Å². The zero-order valence-electron chi connectivity index (χ0n) is 12.9. The van der Waals surface area contributed by atoms with E-state index in [2.05, 4.69) is 28.2 Å². The number of halogens is 1. The Kier molecular flexibility index (Phi) is 7.43. The number of nitrogens with one attached hydrogen (secondary N) is 1. The van der Waals surface area contributed by atoms with Crippen LogP contribution in [-0.2, 0) is 9.59 Å². The third-order valence-corrected chi connectivity index (χ3v) is 4.12. The lowest BCUT2D eigenvalue weighted by Gasteiger charge is -2.22. The van der Waals surface area contributed by atoms with Crippen LogP contribution in [0, 0.1) is 6.92 Å². The maximum atomic E-state index is 11.8. The van der Waals surface area contributed by atoms with Gasteiger partial charge in [0.05, 0.1) is 0 Å². The first-order chi connectivity index (χ1) is 9.95. The van der Waals surface area contributed by atoms with Crippen LogP contribution in [0.1, 0.15) is 38.7 Å². The van der Waals surface area contributed by atoms with Gasteiger partial charge in [0.15, 0.2) is 0 Å². The standard InChI is InChI=1S/C16H23BrN2O2/c1-4-5-6-16(21)18-9-10-19(13(3)20)14-8-7-12(2)15(17)11-14/h7-8,11H,4-6,9-10H2,1-3H3,(H,18,21). The van der Waals surface area contributed by atoms with E-state index in [1.807, 2.05) is 25.1 Å². The number of benzene rings is 1. The Morgan fingerprint density at radius 1 is 1.33 bits per heavy atom. The van der Waals surface area contributed by atoms with Crippen LogP contribution in [0.5, 0.6) is 0 Å². The van der Waals surface area contributed by atoms with Gasteiger partial charge in [0.2, 0.25) is 11.8 Å². The van der Waals surface area contributed by atoms with Crippen LogP contribution in [0.4, 0.5) is 5.69 Å². The Hall–Kier alpha value is -1.36. The molecule has 1 rings (SSSR count). The molecular weight excluding hydrogens is 332 g/mol. The lowest BCUT2D eigenvalue weighted by atomic mass is 10.2. The smallest absolute Gasteiger partial charge is 0.223 e. The van der Waals surface area contributed by atoms with Crippen molar-refractivity contribution in [1.29, 1.82) is 0 Å². The third-order valence-electron chi connectivity index (χ3n) is 3.26. The molecule has 0 aliphatic carbocycles. The molecule has 116 valence electrons. The molecule has 0 radical (unpaired) electrons. The number of nitrogens with zero attached hydrogens (tertiary/aromatic N) is 1. The molecule has 0 saturated carbocycles. The van der Waals surface area contributed by atoms with Crippen molar-refractivity contribution in [2.75, 3.05) is 18.0 Å². The highest BCUT2D eigenvalue weighted by Crippen LogP contribution is 2.23. The van der Waals surface area contributed by atoms with Gasteiger partial charge >= 0.3 is 0 Å². The molecule has 1 aromatic carbocycles. The van der Waals surface area contributed by atoms with E-state index in [1.54, 1.807) is 4.90 Å². The fourth-order valence-electron chi connectivity index (χ4n) is 1.95. The van der Waals surface area contributed by atoms with Crippen molar-refractivity contribution in [3.05, 3.63) is 28.2 Å². The number of hydrogen-bond acceptors (Lipinski definition) is 2. The van der Waals surface area contributed by atoms with Gasteiger partial charge in [-0.05, 0) is 31.0 Å². The van der Waals surface area contributed by atoms with Crippen LogP contribution in [-0.4, -0.2) is 24.9 Å². The van der Waals surface area contributed by atoms with E-state index >= 15 is 0 Å². The first kappa shape index (κ1) is 17.7. The minimum absolute atomic E-state index is 0.0337. The number of carbonyl (C=O) groups is 2. The summed E-state index contributed by atoms with van der Waals surface area (Å²) in [5.41, 5.74) is 1.96. The maximum Gasteiger partial charge on any atom is 0.223 e. The Labute approximate surface area is 135 Å². The SMILES string of the molecule is CCCCC(=O)NCCN(C(C)=O)c1ccc(C)c(Br)c1. The van der Waals surface area contributed by atoms with Crippen LogP contribution in [0.25, 0.3) is 0 Å². The van der Waals surface area contributed by atoms with E-state index in [-0.39, 0.29) is 11.8 Å². The summed E-state index contributed by atoms with van der Waals surface area (Å²) in [6, 6.07) is 5.81. The third kappa shape index (κ3) is 5.87. The van der Waals surface area contributed by atoms with E-state index in [9.17, 15) is 9.59 Å². The second kappa shape index (κ2) is 8.82. The monoisotopic (exact) mass is 354 g/mol. The van der Waals surface area contributed by atoms with E-state index < -0.39 is 0 Å². The van der Waals surface area contributed by atoms with Gasteiger partial charge in [-0.3, -0.25) is 9.59 Å². The molecule has 0 fully saturated rings. The number of hydrogen-bond donors (Lipinski definition) is 1. The van der Waals surface area contributed by atoms with E-state index in [0.717, 1.165) is 28.6 Å². The summed E-state index contributed by atoms with van der Waals surface area (Å²) in [5, 5.41) is 2.85. The van der Waals surface area contributed by atoms with Gasteiger partial charge in [-0.2, -0.15) is 0 Å². The van der Waals surface area contributed by atoms with E-state index in [0.29, 0.717) is 19.5 Å². The molecule has 0 aliphatic rings. The molecule has 0 aliphatic heterocycles. The Bertz CT molecular complexity index is 503. The zero-order chi connectivity index (χ0) is 15.8. The molecular formula is C16H23BrN2O2. The van der Waals surface area contributed by atoms with Crippen molar-refractivity contribution in [3.63, 3.8) is 0 Å². The summed E-state index contributed by atoms with van der Waals surface area (Å²) < 4.78 is 0.971. The van der Waals surface area contributed by atoms with Crippen LogP contribution in [0.3, 0.4) is 0 Å². The average molecular weight is 355 g/mol. The lowest BCUT2D eigenvalue weighted by molar-refractivity contribution is -0.121. The number of rotatable bonds is 7. The quantitative estimate of drug-likeness (QED) is 0.815. The van der Waals surface area contributed by atoms with Crippen molar-refractivity contribution in [2.24, 2.45) is 0 Å². The highest BCUT2D eigenvalue weighted by atomic mass is 79.9. The topological polar surface area (TPSA) is 49.4 Å². The highest BCUT2D eigenvalue weighted by molar-refractivity contribution is 9.10. The molecule has 0 aromatic heterocycles. The van der Waals surface area contributed by atoms with E-state index in [1.165, 1.54) is 6.92 Å². The summed E-state index contributed by atoms with van der Waals surface area (Å²) in [6.45, 7) is 6.53. The summed E-state index contributed by atoms with van der Waals surface area (Å²) in [7, 11) is 0. The minimum atomic E-state index is -0.0337. The van der Waals surface area contributed by atoms with E-state index in [4.69, 9.17) is 0 Å². The summed E-state index contributed by atoms with van der Waals surface area (Å²) in [4.78, 5) is 25.0. The fourth-order valence-corrected chi connectivity index (χ4v) is 2.32. The van der Waals surface area contributed by atoms with Crippen molar-refractivity contribution >= 4 is 33.4 Å². The molecule has 0 spiro atoms. The van der Waals surface area contributed by atoms with Crippen LogP contribution < -0.4 is 10.2 Å². The number of anilines is 1. The van der Waals surface area contributed by atoms with Crippen LogP contribution in [0.15, 0.2) is 22.7 Å². The van der Waals surface area contributed by atoms with Gasteiger partial charge in [-0.1, -0.05) is 35.3 Å². The predicted molar refractivity (Wildman–Crippen MR) is 89.4 cm³/mol. The molecule has 0 unspecified atom stereocenters. The summed E-state index contributed by atoms with van der Waals surface area (Å²) in [6.07, 6.45) is 2.45. The number of amides is 2. The summed E-state index contributed by atoms with van der Waals surface area (Å²) >= 11 is 3.48. The Morgan fingerprint density at radius 2 is 2.05 bits per heavy atom. The molecule has 0 atom stereocenters. The molecule has 2 amide bonds. The lowest BCUT2D eigenvalue weighted by Crippen LogP contribution is -2.37. The van der Waals surface area contributed by atoms with Gasteiger partial charge in [0.1, 0.15) is 0 Å². The maximum absolute atomic E-state index is 11.8. The minimum Gasteiger partial charge on any atom is -0.354 e. The molecule has 0 bridgehead atoms. The normalized spacial score (nSPS) is 10.3. The molecule has 1 aromatic rings. The average Bonchev–Trinajstić information content (AvgIpc) is 2.44. The van der Waals surface area contributed by atoms with Gasteiger partial charge in [0.25, 0.3) is 0 Å². The van der Waals surface area contributed by atoms with Gasteiger partial charge < -0.3 is 10.2 Å². The van der Waals surface area contributed by atoms with Crippen molar-refractivity contribution in [2.45, 2.75) is 40.0 Å². The Morgan fingerprint density at radius 3 is 2.62 bits per heavy atom. The van der Waals surface area contributed by atoms with Crippen molar-refractivity contribution in [3.8, 4) is 0 Å². The first-order valence-electron chi connectivity index (χ1n) is 7.26. The van der Waals surface area contributed by atoms with Crippen LogP contribution >= 0.6 is 15.9 Å². The predicted octanol–water partition coefficient (Wildman–Crippen LogP) is 3.42. The van der Waals surface area contributed by atoms with Crippen molar-refractivity contribution in [1.82, 2.24) is 5.32 Å². The molecule has 4 nitrogen and oxygen atoms in total. The largest absolute Gasteiger partial charge is 0.354 e. The molecule has 0 saturated heterocycles. The molecule has 0 heterocycles. The summed E-state index contributed by atoms with van der Waals surface area (Å²) in [5.74, 6) is 0.0130. The van der Waals surface area contributed by atoms with Crippen LogP contribution in [0.2, 0.25) is 0 Å². The number of aryl methyl sites for hydroxylation is 1. The zero-order valence-corrected chi connectivity index (χ0v) is 14.5. The molecule has 1 N–H and O–H groups in total. The van der Waals surface area contributed by atoms with Gasteiger partial charge in [0, 0.05) is 36.6 Å². The van der Waals surface area contributed by atoms with Crippen molar-refractivity contribution < 1.29 is 9.59 Å². The Balaban J connectivity index is 2.60. The highest BCUT2D eigenvalue weighted by Gasteiger charge is 2.12. The number of unbranched alkanes of at least 4 members (excludes halogenated alkanes) is 1. The molecule has 5 heteroatoms. The number of carbonyl (C=O) groups excluding carboxylic acids is 2. The second-order valence-electron chi connectivity index (χ2n) is 5.06. The fraction of sp³-hybridized carbons (Fsp3) is 0.500.